The highest BCUT2D eigenvalue weighted by Crippen LogP contribution is 2.22. The molecule has 1 aromatic rings. The molecule has 0 radical (unpaired) electrons. The van der Waals surface area contributed by atoms with E-state index in [1.54, 1.807) is 0 Å². The highest BCUT2D eigenvalue weighted by Gasteiger charge is 2.26. The predicted octanol–water partition coefficient (Wildman–Crippen LogP) is 1.42. The molecule has 1 heterocycles. The second kappa shape index (κ2) is 5.95. The summed E-state index contributed by atoms with van der Waals surface area (Å²) >= 11 is 0. The van der Waals surface area contributed by atoms with Crippen molar-refractivity contribution in [1.29, 1.82) is 0 Å². The molecule has 0 spiro atoms. The predicted molar refractivity (Wildman–Crippen MR) is 87.8 cm³/mol. The number of hydrogen-bond donors (Lipinski definition) is 2. The van der Waals surface area contributed by atoms with Gasteiger partial charge in [-0.15, -0.1) is 0 Å². The first-order chi connectivity index (χ1) is 9.40. The van der Waals surface area contributed by atoms with Gasteiger partial charge in [0.05, 0.1) is 0 Å². The van der Waals surface area contributed by atoms with E-state index in [4.69, 9.17) is 0 Å². The lowest BCUT2D eigenvalue weighted by Crippen LogP contribution is -2.50. The molecule has 2 rings (SSSR count). The summed E-state index contributed by atoms with van der Waals surface area (Å²) in [5.74, 6) is 0. The Morgan fingerprint density at radius 1 is 1.20 bits per heavy atom. The molecule has 1 fully saturated rings. The summed E-state index contributed by atoms with van der Waals surface area (Å²) in [5.41, 5.74) is 0.759. The Labute approximate surface area is 123 Å². The van der Waals surface area contributed by atoms with Crippen LogP contribution in [-0.4, -0.2) is 32.7 Å². The van der Waals surface area contributed by atoms with Crippen molar-refractivity contribution < 1.29 is 2.85 Å². The van der Waals surface area contributed by atoms with Crippen LogP contribution < -0.4 is 26.4 Å². The van der Waals surface area contributed by atoms with Gasteiger partial charge in [-0.3, -0.25) is 9.59 Å². The molecule has 0 saturated carbocycles. The number of rotatable bonds is 5. The van der Waals surface area contributed by atoms with Crippen LogP contribution in [0.4, 0.5) is 11.4 Å². The van der Waals surface area contributed by atoms with Gasteiger partial charge >= 0.3 is 0 Å². The van der Waals surface area contributed by atoms with Crippen LogP contribution in [0.25, 0.3) is 0 Å². The lowest BCUT2D eigenvalue weighted by molar-refractivity contribution is 0.370. The van der Waals surface area contributed by atoms with Gasteiger partial charge in [-0.1, -0.05) is 20.8 Å². The Bertz CT molecular complexity index is 527. The molecule has 1 aromatic carbocycles. The molecule has 0 bridgehead atoms. The van der Waals surface area contributed by atoms with Crippen molar-refractivity contribution >= 4 is 11.4 Å². The molecule has 0 amide bonds. The molecular weight excluding hydrogens is 254 g/mol. The maximum Gasteiger partial charge on any atom is 0.253 e. The van der Waals surface area contributed by atoms with Gasteiger partial charge in [-0.05, 0) is 18.3 Å². The molecule has 1 saturated heterocycles. The molecule has 1 aliphatic heterocycles. The fraction of sp³-hybridized carbons (Fsp3) is 0.733. The summed E-state index contributed by atoms with van der Waals surface area (Å²) in [6.45, 7) is 10.7. The van der Waals surface area contributed by atoms with E-state index in [-0.39, 0.29) is 13.7 Å². The third-order valence-electron chi connectivity index (χ3n) is 3.72. The van der Waals surface area contributed by atoms with Crippen LogP contribution in [0.15, 0.2) is 9.59 Å². The standard InChI is InChI=1S/C15H25N3O2.2H2/c1-15(2,3)5-4-6-17-11-12(14(20)13(11)19)18-9-7-16-8-10-18;;/h16-17H,4-10H2,1-3H3;2*1H. The lowest BCUT2D eigenvalue weighted by atomic mass is 9.90. The molecular formula is C15H29N3O2. The normalized spacial score (nSPS) is 16.6. The molecule has 0 unspecified atom stereocenters. The van der Waals surface area contributed by atoms with Gasteiger partial charge in [-0.25, -0.2) is 0 Å². The quantitative estimate of drug-likeness (QED) is 0.632. The first-order valence-corrected chi connectivity index (χ1v) is 7.43. The van der Waals surface area contributed by atoms with E-state index in [0.717, 1.165) is 45.6 Å². The Morgan fingerprint density at radius 2 is 1.85 bits per heavy atom. The minimum Gasteiger partial charge on any atom is -0.380 e. The van der Waals surface area contributed by atoms with Crippen molar-refractivity contribution in [1.82, 2.24) is 5.32 Å². The molecule has 0 aliphatic carbocycles. The van der Waals surface area contributed by atoms with Crippen LogP contribution in [0.3, 0.4) is 0 Å². The maximum atomic E-state index is 11.8. The van der Waals surface area contributed by atoms with Gasteiger partial charge in [0.25, 0.3) is 10.9 Å². The third kappa shape index (κ3) is 3.39. The second-order valence-corrected chi connectivity index (χ2v) is 6.71. The lowest BCUT2D eigenvalue weighted by Gasteiger charge is -2.31. The molecule has 5 heteroatoms. The van der Waals surface area contributed by atoms with Gasteiger partial charge < -0.3 is 15.5 Å². The molecule has 20 heavy (non-hydrogen) atoms. The van der Waals surface area contributed by atoms with E-state index in [1.165, 1.54) is 0 Å². The minimum absolute atomic E-state index is 0. The highest BCUT2D eigenvalue weighted by molar-refractivity contribution is 5.75. The summed E-state index contributed by atoms with van der Waals surface area (Å²) in [5, 5.41) is 6.41. The first kappa shape index (κ1) is 15.0. The van der Waals surface area contributed by atoms with Gasteiger partial charge in [0.2, 0.25) is 0 Å². The fourth-order valence-corrected chi connectivity index (χ4v) is 2.57. The monoisotopic (exact) mass is 283 g/mol. The third-order valence-corrected chi connectivity index (χ3v) is 3.72. The summed E-state index contributed by atoms with van der Waals surface area (Å²) in [7, 11) is 0. The number of nitrogens with one attached hydrogen (secondary N) is 2. The number of hydrogen-bond acceptors (Lipinski definition) is 5. The van der Waals surface area contributed by atoms with Gasteiger partial charge in [-0.2, -0.15) is 0 Å². The van der Waals surface area contributed by atoms with Crippen LogP contribution >= 0.6 is 0 Å². The number of anilines is 2. The molecule has 116 valence electrons. The zero-order valence-corrected chi connectivity index (χ0v) is 12.7. The van der Waals surface area contributed by atoms with E-state index < -0.39 is 0 Å². The highest BCUT2D eigenvalue weighted by atomic mass is 16.2. The van der Waals surface area contributed by atoms with Crippen LogP contribution in [0, 0.1) is 5.41 Å². The molecule has 2 N–H and O–H groups in total. The SMILES string of the molecule is CC(C)(C)CCCNc1c(N2CCNCC2)c(=O)c1=O.[HH].[HH]. The van der Waals surface area contributed by atoms with Crippen molar-refractivity contribution in [2.75, 3.05) is 42.9 Å². The fourth-order valence-electron chi connectivity index (χ4n) is 2.57. The summed E-state index contributed by atoms with van der Waals surface area (Å²) in [4.78, 5) is 25.5. The molecule has 0 aromatic heterocycles. The van der Waals surface area contributed by atoms with Crippen LogP contribution in [0.2, 0.25) is 0 Å². The van der Waals surface area contributed by atoms with Crippen LogP contribution in [-0.2, 0) is 0 Å². The minimum atomic E-state index is -0.353. The molecule has 5 nitrogen and oxygen atoms in total. The van der Waals surface area contributed by atoms with Crippen molar-refractivity contribution in [3.05, 3.63) is 20.4 Å². The van der Waals surface area contributed by atoms with Crippen molar-refractivity contribution in [3.8, 4) is 0 Å². The zero-order valence-electron chi connectivity index (χ0n) is 12.7. The molecule has 0 atom stereocenters. The Balaban J connectivity index is 0.00000220. The van der Waals surface area contributed by atoms with Crippen LogP contribution in [0.5, 0.6) is 0 Å². The van der Waals surface area contributed by atoms with Crippen molar-refractivity contribution in [2.45, 2.75) is 33.6 Å². The van der Waals surface area contributed by atoms with E-state index in [2.05, 4.69) is 31.4 Å². The number of nitrogens with zero attached hydrogens (tertiary/aromatic N) is 1. The van der Waals surface area contributed by atoms with E-state index >= 15 is 0 Å². The van der Waals surface area contributed by atoms with Crippen LogP contribution in [0.1, 0.15) is 36.5 Å². The van der Waals surface area contributed by atoms with E-state index in [1.807, 2.05) is 4.90 Å². The Kier molecular flexibility index (Phi) is 4.48. The van der Waals surface area contributed by atoms with Gasteiger partial charge in [0.1, 0.15) is 11.4 Å². The zero-order chi connectivity index (χ0) is 14.8. The van der Waals surface area contributed by atoms with Gasteiger partial charge in [0, 0.05) is 35.6 Å². The van der Waals surface area contributed by atoms with E-state index in [9.17, 15) is 9.59 Å². The number of piperazine rings is 1. The van der Waals surface area contributed by atoms with Gasteiger partial charge in [0.15, 0.2) is 0 Å². The first-order valence-electron chi connectivity index (χ1n) is 7.43. The average molecular weight is 283 g/mol. The Hall–Kier alpha value is -1.36. The molecule has 1 aliphatic rings. The van der Waals surface area contributed by atoms with Crippen molar-refractivity contribution in [2.24, 2.45) is 5.41 Å². The maximum absolute atomic E-state index is 11.8. The topological polar surface area (TPSA) is 61.4 Å². The smallest absolute Gasteiger partial charge is 0.253 e. The second-order valence-electron chi connectivity index (χ2n) is 6.71. The average Bonchev–Trinajstić information content (AvgIpc) is 2.41. The summed E-state index contributed by atoms with van der Waals surface area (Å²) in [6, 6.07) is 0. The Morgan fingerprint density at radius 3 is 2.45 bits per heavy atom. The van der Waals surface area contributed by atoms with E-state index in [0.29, 0.717) is 16.8 Å². The largest absolute Gasteiger partial charge is 0.380 e. The summed E-state index contributed by atoms with van der Waals surface area (Å²) < 4.78 is 0. The van der Waals surface area contributed by atoms with Crippen molar-refractivity contribution in [3.63, 3.8) is 0 Å². The summed E-state index contributed by atoms with van der Waals surface area (Å²) in [6.07, 6.45) is 2.10.